The van der Waals surface area contributed by atoms with Crippen molar-refractivity contribution in [3.63, 3.8) is 0 Å². The van der Waals surface area contributed by atoms with Gasteiger partial charge in [-0.15, -0.1) is 0 Å². The third kappa shape index (κ3) is 2.25. The fraction of sp³-hybridized carbons (Fsp3) is 0.133. The average Bonchev–Trinajstić information content (AvgIpc) is 2.97. The number of rotatable bonds is 3. The van der Waals surface area contributed by atoms with Gasteiger partial charge in [0.25, 0.3) is 5.69 Å². The lowest BCUT2D eigenvalue weighted by Crippen LogP contribution is -2.27. The van der Waals surface area contributed by atoms with Crippen molar-refractivity contribution in [3.8, 4) is 0 Å². The summed E-state index contributed by atoms with van der Waals surface area (Å²) in [6.45, 7) is 1.53. The van der Waals surface area contributed by atoms with E-state index in [-0.39, 0.29) is 10.6 Å². The van der Waals surface area contributed by atoms with Gasteiger partial charge in [-0.25, -0.2) is 0 Å². The molecule has 0 saturated heterocycles. The third-order valence-electron chi connectivity index (χ3n) is 3.25. The number of nitro groups is 1. The Morgan fingerprint density at radius 1 is 1.05 bits per heavy atom. The van der Waals surface area contributed by atoms with Crippen LogP contribution in [0.5, 0.6) is 0 Å². The highest BCUT2D eigenvalue weighted by atomic mass is 16.6. The minimum Gasteiger partial charge on any atom is -0.324 e. The quantitative estimate of drug-likeness (QED) is 0.634. The van der Waals surface area contributed by atoms with E-state index in [4.69, 9.17) is 0 Å². The molecule has 0 fully saturated rings. The van der Waals surface area contributed by atoms with Crippen molar-refractivity contribution in [2.24, 2.45) is 4.99 Å². The molecule has 0 N–H and O–H groups in total. The first-order chi connectivity index (χ1) is 9.75. The van der Waals surface area contributed by atoms with E-state index >= 15 is 0 Å². The Morgan fingerprint density at radius 3 is 2.40 bits per heavy atom. The second-order valence-corrected chi connectivity index (χ2v) is 4.50. The van der Waals surface area contributed by atoms with Crippen LogP contribution in [0.2, 0.25) is 0 Å². The van der Waals surface area contributed by atoms with Gasteiger partial charge < -0.3 is 4.90 Å². The fourth-order valence-corrected chi connectivity index (χ4v) is 2.29. The molecule has 100 valence electrons. The molecular weight excluding hydrogens is 254 g/mol. The van der Waals surface area contributed by atoms with Gasteiger partial charge in [-0.1, -0.05) is 30.3 Å². The molecule has 1 heterocycles. The summed E-state index contributed by atoms with van der Waals surface area (Å²) < 4.78 is 0. The highest BCUT2D eigenvalue weighted by molar-refractivity contribution is 6.11. The summed E-state index contributed by atoms with van der Waals surface area (Å²) in [6, 6.07) is 16.5. The first-order valence-electron chi connectivity index (χ1n) is 6.37. The fourth-order valence-electron chi connectivity index (χ4n) is 2.29. The molecule has 0 spiro atoms. The molecule has 1 aliphatic heterocycles. The van der Waals surface area contributed by atoms with Crippen LogP contribution in [0.4, 0.5) is 11.4 Å². The summed E-state index contributed by atoms with van der Waals surface area (Å²) in [6.07, 6.45) is 0. The van der Waals surface area contributed by atoms with Crippen LogP contribution < -0.4 is 4.90 Å². The Labute approximate surface area is 116 Å². The van der Waals surface area contributed by atoms with Gasteiger partial charge in [-0.2, -0.15) is 0 Å². The van der Waals surface area contributed by atoms with Crippen LogP contribution in [0.3, 0.4) is 0 Å². The number of nitrogens with zero attached hydrogens (tertiary/aromatic N) is 3. The summed E-state index contributed by atoms with van der Waals surface area (Å²) in [7, 11) is 0. The number of benzene rings is 2. The lowest BCUT2D eigenvalue weighted by atomic mass is 10.2. The molecule has 0 aromatic heterocycles. The highest BCUT2D eigenvalue weighted by Gasteiger charge is 2.20. The van der Waals surface area contributed by atoms with Crippen molar-refractivity contribution in [1.29, 1.82) is 0 Å². The number of hydrogen-bond acceptors (Lipinski definition) is 4. The molecule has 0 bridgehead atoms. The summed E-state index contributed by atoms with van der Waals surface area (Å²) >= 11 is 0. The topological polar surface area (TPSA) is 58.7 Å². The first-order valence-corrected chi connectivity index (χ1v) is 6.37. The largest absolute Gasteiger partial charge is 0.324 e. The van der Waals surface area contributed by atoms with Crippen molar-refractivity contribution in [1.82, 2.24) is 0 Å². The summed E-state index contributed by atoms with van der Waals surface area (Å²) in [5.74, 6) is 0.916. The van der Waals surface area contributed by atoms with Gasteiger partial charge in [-0.05, 0) is 12.1 Å². The molecule has 0 atom stereocenters. The van der Waals surface area contributed by atoms with E-state index < -0.39 is 0 Å². The van der Waals surface area contributed by atoms with E-state index in [1.165, 1.54) is 12.1 Å². The van der Waals surface area contributed by atoms with Crippen LogP contribution >= 0.6 is 0 Å². The van der Waals surface area contributed by atoms with Crippen LogP contribution in [-0.2, 0) is 0 Å². The number of hydrogen-bond donors (Lipinski definition) is 0. The maximum Gasteiger partial charge on any atom is 0.269 e. The van der Waals surface area contributed by atoms with Crippen LogP contribution in [-0.4, -0.2) is 23.8 Å². The van der Waals surface area contributed by atoms with E-state index in [0.29, 0.717) is 0 Å². The second kappa shape index (κ2) is 5.13. The van der Waals surface area contributed by atoms with Gasteiger partial charge >= 0.3 is 0 Å². The Hall–Kier alpha value is -2.69. The Morgan fingerprint density at radius 2 is 1.75 bits per heavy atom. The molecule has 0 amide bonds. The molecule has 0 saturated carbocycles. The molecule has 5 nitrogen and oxygen atoms in total. The Bertz CT molecular complexity index is 651. The molecule has 0 unspecified atom stereocenters. The van der Waals surface area contributed by atoms with Crippen molar-refractivity contribution in [2.75, 3.05) is 18.0 Å². The minimum absolute atomic E-state index is 0.103. The summed E-state index contributed by atoms with van der Waals surface area (Å²) in [5, 5.41) is 10.7. The molecule has 5 heteroatoms. The van der Waals surface area contributed by atoms with Gasteiger partial charge in [0.05, 0.1) is 11.5 Å². The van der Waals surface area contributed by atoms with Crippen molar-refractivity contribution < 1.29 is 4.92 Å². The van der Waals surface area contributed by atoms with Crippen LogP contribution in [0.25, 0.3) is 0 Å². The van der Waals surface area contributed by atoms with Gasteiger partial charge in [0.2, 0.25) is 0 Å². The lowest BCUT2D eigenvalue weighted by Gasteiger charge is -2.20. The maximum atomic E-state index is 10.7. The van der Waals surface area contributed by atoms with Gasteiger partial charge in [-0.3, -0.25) is 15.1 Å². The molecule has 2 aromatic rings. The van der Waals surface area contributed by atoms with Crippen LogP contribution in [0.1, 0.15) is 5.56 Å². The molecule has 1 aliphatic rings. The number of nitro benzene ring substituents is 1. The second-order valence-electron chi connectivity index (χ2n) is 4.50. The SMILES string of the molecule is O=[N+]([O-])c1ccc(N2CCN=C2c2ccccc2)cc1. The van der Waals surface area contributed by atoms with Crippen LogP contribution in [0, 0.1) is 10.1 Å². The van der Waals surface area contributed by atoms with E-state index in [2.05, 4.69) is 9.89 Å². The predicted molar refractivity (Wildman–Crippen MR) is 78.3 cm³/mol. The summed E-state index contributed by atoms with van der Waals surface area (Å²) in [5.41, 5.74) is 2.09. The van der Waals surface area contributed by atoms with E-state index in [9.17, 15) is 10.1 Å². The smallest absolute Gasteiger partial charge is 0.269 e. The Balaban J connectivity index is 1.90. The summed E-state index contributed by atoms with van der Waals surface area (Å²) in [4.78, 5) is 16.9. The number of amidine groups is 1. The highest BCUT2D eigenvalue weighted by Crippen LogP contribution is 2.23. The zero-order chi connectivity index (χ0) is 13.9. The monoisotopic (exact) mass is 267 g/mol. The van der Waals surface area contributed by atoms with Gasteiger partial charge in [0.1, 0.15) is 5.84 Å². The number of aliphatic imine (C=N–C) groups is 1. The maximum absolute atomic E-state index is 10.7. The standard InChI is InChI=1S/C15H13N3O2/c19-18(20)14-8-6-13(7-9-14)17-11-10-16-15(17)12-4-2-1-3-5-12/h1-9H,10-11H2. The first kappa shape index (κ1) is 12.3. The molecule has 0 aliphatic carbocycles. The van der Waals surface area contributed by atoms with Gasteiger partial charge in [0.15, 0.2) is 0 Å². The molecule has 2 aromatic carbocycles. The molecular formula is C15H13N3O2. The van der Waals surface area contributed by atoms with Crippen LogP contribution in [0.15, 0.2) is 59.6 Å². The van der Waals surface area contributed by atoms with E-state index in [1.807, 2.05) is 30.3 Å². The molecule has 3 rings (SSSR count). The normalized spacial score (nSPS) is 14.2. The zero-order valence-electron chi connectivity index (χ0n) is 10.8. The van der Waals surface area contributed by atoms with Crippen molar-refractivity contribution in [3.05, 3.63) is 70.3 Å². The Kier molecular flexibility index (Phi) is 3.16. The van der Waals surface area contributed by atoms with E-state index in [0.717, 1.165) is 30.2 Å². The van der Waals surface area contributed by atoms with Crippen molar-refractivity contribution in [2.45, 2.75) is 0 Å². The third-order valence-corrected chi connectivity index (χ3v) is 3.25. The van der Waals surface area contributed by atoms with Crippen molar-refractivity contribution >= 4 is 17.2 Å². The lowest BCUT2D eigenvalue weighted by molar-refractivity contribution is -0.384. The minimum atomic E-state index is -0.389. The average molecular weight is 267 g/mol. The molecule has 0 radical (unpaired) electrons. The van der Waals surface area contributed by atoms with Gasteiger partial charge in [0, 0.05) is 29.9 Å². The zero-order valence-corrected chi connectivity index (χ0v) is 10.8. The number of anilines is 1. The number of non-ortho nitro benzene ring substituents is 1. The van der Waals surface area contributed by atoms with E-state index in [1.54, 1.807) is 12.1 Å². The predicted octanol–water partition coefficient (Wildman–Crippen LogP) is 2.86. The molecule has 20 heavy (non-hydrogen) atoms.